The molecule has 0 atom stereocenters. The number of carbonyl (C=O) groups excluding carboxylic acids is 1. The SMILES string of the molecule is O=C(CSc1nnc(-c2ccncc2)n1-c1ccccc1)N/N=C/c1ccccc1F. The van der Waals surface area contributed by atoms with Crippen LogP contribution in [-0.4, -0.2) is 37.6 Å². The molecule has 0 unspecified atom stereocenters. The van der Waals surface area contributed by atoms with Crippen molar-refractivity contribution in [3.8, 4) is 17.1 Å². The van der Waals surface area contributed by atoms with E-state index >= 15 is 0 Å². The van der Waals surface area contributed by atoms with E-state index in [9.17, 15) is 9.18 Å². The van der Waals surface area contributed by atoms with E-state index in [-0.39, 0.29) is 11.7 Å². The lowest BCUT2D eigenvalue weighted by Gasteiger charge is -2.10. The van der Waals surface area contributed by atoms with Gasteiger partial charge in [-0.15, -0.1) is 10.2 Å². The number of benzene rings is 2. The molecule has 4 rings (SSSR count). The summed E-state index contributed by atoms with van der Waals surface area (Å²) in [5, 5.41) is 13.0. The van der Waals surface area contributed by atoms with Gasteiger partial charge in [-0.3, -0.25) is 14.3 Å². The number of hydrazone groups is 1. The van der Waals surface area contributed by atoms with E-state index in [0.29, 0.717) is 16.5 Å². The molecule has 0 bridgehead atoms. The summed E-state index contributed by atoms with van der Waals surface area (Å²) < 4.78 is 15.5. The Bertz CT molecular complexity index is 1200. The van der Waals surface area contributed by atoms with Crippen LogP contribution in [0.1, 0.15) is 5.56 Å². The molecule has 2 aromatic carbocycles. The monoisotopic (exact) mass is 432 g/mol. The summed E-state index contributed by atoms with van der Waals surface area (Å²) in [7, 11) is 0. The molecule has 1 N–H and O–H groups in total. The minimum absolute atomic E-state index is 0.0654. The minimum atomic E-state index is -0.408. The highest BCUT2D eigenvalue weighted by atomic mass is 32.2. The second-order valence-electron chi connectivity index (χ2n) is 6.32. The van der Waals surface area contributed by atoms with Crippen molar-refractivity contribution in [2.75, 3.05) is 5.75 Å². The second kappa shape index (κ2) is 9.77. The fourth-order valence-electron chi connectivity index (χ4n) is 2.78. The first-order valence-electron chi connectivity index (χ1n) is 9.33. The number of hydrogen-bond acceptors (Lipinski definition) is 6. The summed E-state index contributed by atoms with van der Waals surface area (Å²) in [5.74, 6) is -0.0372. The van der Waals surface area contributed by atoms with Crippen molar-refractivity contribution in [1.82, 2.24) is 25.2 Å². The first kappa shape index (κ1) is 20.4. The van der Waals surface area contributed by atoms with Crippen molar-refractivity contribution < 1.29 is 9.18 Å². The molecule has 0 fully saturated rings. The maximum Gasteiger partial charge on any atom is 0.250 e. The van der Waals surface area contributed by atoms with Crippen LogP contribution >= 0.6 is 11.8 Å². The number of rotatable bonds is 7. The first-order valence-corrected chi connectivity index (χ1v) is 10.3. The van der Waals surface area contributed by atoms with Crippen LogP contribution in [0, 0.1) is 5.82 Å². The van der Waals surface area contributed by atoms with Crippen LogP contribution in [0.2, 0.25) is 0 Å². The number of carbonyl (C=O) groups is 1. The lowest BCUT2D eigenvalue weighted by molar-refractivity contribution is -0.118. The molecule has 154 valence electrons. The van der Waals surface area contributed by atoms with E-state index in [1.54, 1.807) is 30.6 Å². The smallest absolute Gasteiger partial charge is 0.250 e. The third-order valence-electron chi connectivity index (χ3n) is 4.22. The molecule has 0 saturated carbocycles. The maximum absolute atomic E-state index is 13.6. The quantitative estimate of drug-likeness (QED) is 0.273. The molecule has 0 aliphatic heterocycles. The van der Waals surface area contributed by atoms with Crippen LogP contribution in [0.25, 0.3) is 17.1 Å². The summed E-state index contributed by atoms with van der Waals surface area (Å²) >= 11 is 1.23. The average Bonchev–Trinajstić information content (AvgIpc) is 3.24. The van der Waals surface area contributed by atoms with Gasteiger partial charge < -0.3 is 0 Å². The highest BCUT2D eigenvalue weighted by molar-refractivity contribution is 7.99. The van der Waals surface area contributed by atoms with Gasteiger partial charge >= 0.3 is 0 Å². The van der Waals surface area contributed by atoms with E-state index < -0.39 is 5.82 Å². The van der Waals surface area contributed by atoms with Crippen molar-refractivity contribution in [2.24, 2.45) is 5.10 Å². The topological polar surface area (TPSA) is 85.1 Å². The van der Waals surface area contributed by atoms with Crippen molar-refractivity contribution in [3.05, 3.63) is 90.5 Å². The summed E-state index contributed by atoms with van der Waals surface area (Å²) in [6, 6.07) is 19.5. The molecule has 0 radical (unpaired) electrons. The van der Waals surface area contributed by atoms with Gasteiger partial charge in [0.05, 0.1) is 12.0 Å². The molecule has 9 heteroatoms. The molecule has 0 saturated heterocycles. The van der Waals surface area contributed by atoms with Crippen LogP contribution in [0.15, 0.2) is 89.4 Å². The molecular formula is C22H17FN6OS. The minimum Gasteiger partial charge on any atom is -0.272 e. The number of aromatic nitrogens is 4. The fraction of sp³-hybridized carbons (Fsp3) is 0.0455. The van der Waals surface area contributed by atoms with Crippen LogP contribution in [0.3, 0.4) is 0 Å². The number of thioether (sulfide) groups is 1. The predicted octanol–water partition coefficient (Wildman–Crippen LogP) is 3.71. The van der Waals surface area contributed by atoms with Gasteiger partial charge in [0, 0.05) is 29.2 Å². The molecule has 1 amide bonds. The van der Waals surface area contributed by atoms with Gasteiger partial charge in [-0.25, -0.2) is 9.82 Å². The van der Waals surface area contributed by atoms with Crippen molar-refractivity contribution in [1.29, 1.82) is 0 Å². The Morgan fingerprint density at radius 3 is 2.55 bits per heavy atom. The van der Waals surface area contributed by atoms with E-state index in [0.717, 1.165) is 11.3 Å². The standard InChI is InChI=1S/C22H17FN6OS/c23-19-9-5-4-6-17(19)14-25-26-20(30)15-31-22-28-27-21(16-10-12-24-13-11-16)29(22)18-7-2-1-3-8-18/h1-14H,15H2,(H,26,30)/b25-14+. The van der Waals surface area contributed by atoms with E-state index in [1.807, 2.05) is 47.0 Å². The van der Waals surface area contributed by atoms with Crippen LogP contribution < -0.4 is 5.43 Å². The lowest BCUT2D eigenvalue weighted by Crippen LogP contribution is -2.20. The number of pyridine rings is 1. The molecule has 4 aromatic rings. The Kier molecular flexibility index (Phi) is 6.44. The van der Waals surface area contributed by atoms with Gasteiger partial charge in [0.2, 0.25) is 0 Å². The lowest BCUT2D eigenvalue weighted by atomic mass is 10.2. The Morgan fingerprint density at radius 2 is 1.77 bits per heavy atom. The van der Waals surface area contributed by atoms with Crippen molar-refractivity contribution in [2.45, 2.75) is 5.16 Å². The van der Waals surface area contributed by atoms with Gasteiger partial charge in [-0.05, 0) is 30.3 Å². The summed E-state index contributed by atoms with van der Waals surface area (Å²) in [5.41, 5.74) is 4.43. The summed E-state index contributed by atoms with van der Waals surface area (Å²) in [6.45, 7) is 0. The second-order valence-corrected chi connectivity index (χ2v) is 7.26. The molecule has 7 nitrogen and oxygen atoms in total. The zero-order valence-electron chi connectivity index (χ0n) is 16.2. The molecular weight excluding hydrogens is 415 g/mol. The molecule has 2 aromatic heterocycles. The molecule has 2 heterocycles. The summed E-state index contributed by atoms with van der Waals surface area (Å²) in [4.78, 5) is 16.3. The van der Waals surface area contributed by atoms with Gasteiger partial charge in [0.25, 0.3) is 5.91 Å². The number of halogens is 1. The number of hydrogen-bond donors (Lipinski definition) is 1. The number of nitrogens with zero attached hydrogens (tertiary/aromatic N) is 5. The Morgan fingerprint density at radius 1 is 1.03 bits per heavy atom. The summed E-state index contributed by atoms with van der Waals surface area (Å²) in [6.07, 6.45) is 4.65. The number of nitrogens with one attached hydrogen (secondary N) is 1. The molecule has 0 aliphatic carbocycles. The zero-order chi connectivity index (χ0) is 21.5. The van der Waals surface area contributed by atoms with Crippen LogP contribution in [0.5, 0.6) is 0 Å². The number of para-hydroxylation sites is 1. The third-order valence-corrected chi connectivity index (χ3v) is 5.15. The average molecular weight is 432 g/mol. The van der Waals surface area contributed by atoms with Crippen molar-refractivity contribution >= 4 is 23.9 Å². The van der Waals surface area contributed by atoms with Gasteiger partial charge in [0.15, 0.2) is 11.0 Å². The van der Waals surface area contributed by atoms with Crippen LogP contribution in [-0.2, 0) is 4.79 Å². The Hall–Kier alpha value is -3.85. The third kappa shape index (κ3) is 5.01. The van der Waals surface area contributed by atoms with E-state index in [1.165, 1.54) is 24.0 Å². The zero-order valence-corrected chi connectivity index (χ0v) is 17.0. The highest BCUT2D eigenvalue weighted by Gasteiger charge is 2.17. The molecule has 0 spiro atoms. The molecule has 31 heavy (non-hydrogen) atoms. The highest BCUT2D eigenvalue weighted by Crippen LogP contribution is 2.27. The Labute approximate surface area is 182 Å². The van der Waals surface area contributed by atoms with Gasteiger partial charge in [-0.1, -0.05) is 48.2 Å². The first-order chi connectivity index (χ1) is 15.2. The number of amides is 1. The Balaban J connectivity index is 1.49. The fourth-order valence-corrected chi connectivity index (χ4v) is 3.52. The molecule has 0 aliphatic rings. The van der Waals surface area contributed by atoms with E-state index in [4.69, 9.17) is 0 Å². The van der Waals surface area contributed by atoms with E-state index in [2.05, 4.69) is 25.7 Å². The van der Waals surface area contributed by atoms with Gasteiger partial charge in [0.1, 0.15) is 5.82 Å². The predicted molar refractivity (Wildman–Crippen MR) is 117 cm³/mol. The van der Waals surface area contributed by atoms with Crippen molar-refractivity contribution in [3.63, 3.8) is 0 Å². The largest absolute Gasteiger partial charge is 0.272 e. The maximum atomic E-state index is 13.6. The van der Waals surface area contributed by atoms with Crippen LogP contribution in [0.4, 0.5) is 4.39 Å². The normalized spacial score (nSPS) is 11.0. The van der Waals surface area contributed by atoms with Gasteiger partial charge in [-0.2, -0.15) is 5.10 Å².